The number of phenols is 1. The fraction of sp³-hybridized carbons (Fsp3) is 0.400. The van der Waals surface area contributed by atoms with Crippen molar-refractivity contribution >= 4 is 0 Å². The summed E-state index contributed by atoms with van der Waals surface area (Å²) in [5.41, 5.74) is 0.926. The van der Waals surface area contributed by atoms with Gasteiger partial charge in [0.25, 0.3) is 0 Å². The average molecular weight is 258 g/mol. The van der Waals surface area contributed by atoms with Crippen LogP contribution in [0.1, 0.15) is 37.4 Å². The van der Waals surface area contributed by atoms with E-state index in [0.717, 1.165) is 5.69 Å². The molecule has 0 atom stereocenters. The molecule has 1 aromatic heterocycles. The molecule has 0 spiro atoms. The molecule has 1 aliphatic rings. The SMILES string of the molecule is Oc1cccc(OCc2ccn(C3CCCC3)n2)c1. The summed E-state index contributed by atoms with van der Waals surface area (Å²) in [5, 5.41) is 13.9. The van der Waals surface area contributed by atoms with Crippen molar-refractivity contribution in [2.24, 2.45) is 0 Å². The fourth-order valence-corrected chi connectivity index (χ4v) is 2.56. The molecule has 4 heteroatoms. The van der Waals surface area contributed by atoms with E-state index in [4.69, 9.17) is 4.74 Å². The zero-order valence-corrected chi connectivity index (χ0v) is 10.8. The Morgan fingerprint density at radius 3 is 2.89 bits per heavy atom. The molecule has 0 radical (unpaired) electrons. The summed E-state index contributed by atoms with van der Waals surface area (Å²) in [6, 6.07) is 9.39. The molecule has 0 saturated heterocycles. The van der Waals surface area contributed by atoms with Crippen molar-refractivity contribution in [1.82, 2.24) is 9.78 Å². The summed E-state index contributed by atoms with van der Waals surface area (Å²) >= 11 is 0. The van der Waals surface area contributed by atoms with Crippen LogP contribution in [0.2, 0.25) is 0 Å². The number of phenolic OH excluding ortho intramolecular Hbond substituents is 1. The van der Waals surface area contributed by atoms with Gasteiger partial charge >= 0.3 is 0 Å². The van der Waals surface area contributed by atoms with Gasteiger partial charge in [-0.15, -0.1) is 0 Å². The minimum atomic E-state index is 0.217. The zero-order chi connectivity index (χ0) is 13.1. The van der Waals surface area contributed by atoms with Gasteiger partial charge in [-0.3, -0.25) is 4.68 Å². The fourth-order valence-electron chi connectivity index (χ4n) is 2.56. The van der Waals surface area contributed by atoms with Gasteiger partial charge in [0.15, 0.2) is 0 Å². The third-order valence-electron chi connectivity index (χ3n) is 3.57. The lowest BCUT2D eigenvalue weighted by Crippen LogP contribution is -2.06. The molecule has 100 valence electrons. The van der Waals surface area contributed by atoms with E-state index in [2.05, 4.69) is 9.78 Å². The van der Waals surface area contributed by atoms with Gasteiger partial charge in [-0.05, 0) is 31.0 Å². The van der Waals surface area contributed by atoms with Crippen LogP contribution >= 0.6 is 0 Å². The molecule has 1 saturated carbocycles. The number of ether oxygens (including phenoxy) is 1. The lowest BCUT2D eigenvalue weighted by atomic mass is 10.3. The van der Waals surface area contributed by atoms with Crippen molar-refractivity contribution < 1.29 is 9.84 Å². The summed E-state index contributed by atoms with van der Waals surface area (Å²) in [6.45, 7) is 0.434. The highest BCUT2D eigenvalue weighted by Gasteiger charge is 2.17. The number of nitrogens with zero attached hydrogens (tertiary/aromatic N) is 2. The van der Waals surface area contributed by atoms with E-state index >= 15 is 0 Å². The van der Waals surface area contributed by atoms with E-state index in [1.54, 1.807) is 18.2 Å². The van der Waals surface area contributed by atoms with Gasteiger partial charge in [-0.25, -0.2) is 0 Å². The molecule has 1 heterocycles. The van der Waals surface area contributed by atoms with Crippen LogP contribution in [-0.2, 0) is 6.61 Å². The molecule has 4 nitrogen and oxygen atoms in total. The standard InChI is InChI=1S/C15H18N2O2/c18-14-6-3-7-15(10-14)19-11-12-8-9-17(16-12)13-4-1-2-5-13/h3,6-10,13,18H,1-2,4-5,11H2. The Morgan fingerprint density at radius 1 is 1.26 bits per heavy atom. The van der Waals surface area contributed by atoms with Crippen molar-refractivity contribution in [2.45, 2.75) is 38.3 Å². The molecule has 1 fully saturated rings. The van der Waals surface area contributed by atoms with Gasteiger partial charge in [0.2, 0.25) is 0 Å². The van der Waals surface area contributed by atoms with Gasteiger partial charge < -0.3 is 9.84 Å². The van der Waals surface area contributed by atoms with Gasteiger partial charge in [-0.1, -0.05) is 18.9 Å². The van der Waals surface area contributed by atoms with Crippen molar-refractivity contribution in [3.8, 4) is 11.5 Å². The zero-order valence-electron chi connectivity index (χ0n) is 10.8. The Bertz CT molecular complexity index is 545. The number of benzene rings is 1. The Hall–Kier alpha value is -1.97. The molecule has 3 rings (SSSR count). The third-order valence-corrected chi connectivity index (χ3v) is 3.57. The first kappa shape index (κ1) is 12.1. The molecule has 1 N–H and O–H groups in total. The van der Waals surface area contributed by atoms with Gasteiger partial charge in [0.1, 0.15) is 18.1 Å². The molecular formula is C15H18N2O2. The lowest BCUT2D eigenvalue weighted by Gasteiger charge is -2.09. The quantitative estimate of drug-likeness (QED) is 0.915. The number of rotatable bonds is 4. The molecule has 19 heavy (non-hydrogen) atoms. The number of aromatic nitrogens is 2. The molecule has 0 unspecified atom stereocenters. The van der Waals surface area contributed by atoms with Crippen LogP contribution in [0, 0.1) is 0 Å². The molecule has 2 aromatic rings. The van der Waals surface area contributed by atoms with Crippen LogP contribution in [0.15, 0.2) is 36.5 Å². The van der Waals surface area contributed by atoms with Gasteiger partial charge in [0, 0.05) is 12.3 Å². The lowest BCUT2D eigenvalue weighted by molar-refractivity contribution is 0.296. The van der Waals surface area contributed by atoms with E-state index in [0.29, 0.717) is 18.4 Å². The summed E-state index contributed by atoms with van der Waals surface area (Å²) in [5.74, 6) is 0.879. The Kier molecular flexibility index (Phi) is 3.40. The second-order valence-corrected chi connectivity index (χ2v) is 5.01. The second kappa shape index (κ2) is 5.34. The molecule has 1 aliphatic carbocycles. The molecular weight excluding hydrogens is 240 g/mol. The minimum Gasteiger partial charge on any atom is -0.508 e. The Labute approximate surface area is 112 Å². The third kappa shape index (κ3) is 2.89. The monoisotopic (exact) mass is 258 g/mol. The van der Waals surface area contributed by atoms with Crippen LogP contribution in [0.5, 0.6) is 11.5 Å². The predicted octanol–water partition coefficient (Wildman–Crippen LogP) is 3.28. The van der Waals surface area contributed by atoms with Crippen molar-refractivity contribution in [2.75, 3.05) is 0 Å². The topological polar surface area (TPSA) is 47.3 Å². The summed E-state index contributed by atoms with van der Waals surface area (Å²) < 4.78 is 7.68. The minimum absolute atomic E-state index is 0.217. The molecule has 0 bridgehead atoms. The summed E-state index contributed by atoms with van der Waals surface area (Å²) in [4.78, 5) is 0. The highest BCUT2D eigenvalue weighted by atomic mass is 16.5. The maximum absolute atomic E-state index is 9.36. The maximum Gasteiger partial charge on any atom is 0.132 e. The van der Waals surface area contributed by atoms with Crippen molar-refractivity contribution in [3.05, 3.63) is 42.2 Å². The molecule has 0 aliphatic heterocycles. The smallest absolute Gasteiger partial charge is 0.132 e. The van der Waals surface area contributed by atoms with E-state index in [-0.39, 0.29) is 5.75 Å². The maximum atomic E-state index is 9.36. The average Bonchev–Trinajstić information content (AvgIpc) is 3.07. The van der Waals surface area contributed by atoms with Crippen LogP contribution in [0.4, 0.5) is 0 Å². The summed E-state index contributed by atoms with van der Waals surface area (Å²) in [6.07, 6.45) is 7.11. The predicted molar refractivity (Wildman–Crippen MR) is 72.2 cm³/mol. The Morgan fingerprint density at radius 2 is 2.11 bits per heavy atom. The molecule has 0 amide bonds. The van der Waals surface area contributed by atoms with Crippen molar-refractivity contribution in [1.29, 1.82) is 0 Å². The van der Waals surface area contributed by atoms with Crippen LogP contribution in [-0.4, -0.2) is 14.9 Å². The van der Waals surface area contributed by atoms with E-state index in [1.807, 2.05) is 18.3 Å². The first-order valence-electron chi connectivity index (χ1n) is 6.77. The van der Waals surface area contributed by atoms with Crippen molar-refractivity contribution in [3.63, 3.8) is 0 Å². The first-order valence-corrected chi connectivity index (χ1v) is 6.77. The van der Waals surface area contributed by atoms with Gasteiger partial charge in [-0.2, -0.15) is 5.10 Å². The van der Waals surface area contributed by atoms with E-state index in [9.17, 15) is 5.11 Å². The highest BCUT2D eigenvalue weighted by molar-refractivity contribution is 5.31. The Balaban J connectivity index is 1.61. The van der Waals surface area contributed by atoms with Crippen LogP contribution in [0.3, 0.4) is 0 Å². The largest absolute Gasteiger partial charge is 0.508 e. The van der Waals surface area contributed by atoms with Crippen LogP contribution in [0.25, 0.3) is 0 Å². The van der Waals surface area contributed by atoms with E-state index < -0.39 is 0 Å². The number of hydrogen-bond donors (Lipinski definition) is 1. The second-order valence-electron chi connectivity index (χ2n) is 5.01. The number of aromatic hydroxyl groups is 1. The van der Waals surface area contributed by atoms with Crippen LogP contribution < -0.4 is 4.74 Å². The normalized spacial score (nSPS) is 15.8. The van der Waals surface area contributed by atoms with E-state index in [1.165, 1.54) is 25.7 Å². The molecule has 1 aromatic carbocycles. The highest BCUT2D eigenvalue weighted by Crippen LogP contribution is 2.28. The summed E-state index contributed by atoms with van der Waals surface area (Å²) in [7, 11) is 0. The number of hydrogen-bond acceptors (Lipinski definition) is 3. The van der Waals surface area contributed by atoms with Gasteiger partial charge in [0.05, 0.1) is 11.7 Å². The first-order chi connectivity index (χ1) is 9.31.